The zero-order valence-corrected chi connectivity index (χ0v) is 9.01. The van der Waals surface area contributed by atoms with E-state index in [1.54, 1.807) is 6.92 Å². The number of carboxylic acids is 1. The van der Waals surface area contributed by atoms with Gasteiger partial charge >= 0.3 is 5.97 Å². The lowest BCUT2D eigenvalue weighted by Gasteiger charge is -2.41. The predicted octanol–water partition coefficient (Wildman–Crippen LogP) is 1.00. The number of thioether (sulfide) groups is 1. The number of hydrogen-bond donors (Lipinski definition) is 1. The Morgan fingerprint density at radius 2 is 2.31 bits per heavy atom. The highest BCUT2D eigenvalue weighted by Crippen LogP contribution is 2.23. The third kappa shape index (κ3) is 2.88. The van der Waals surface area contributed by atoms with E-state index in [4.69, 9.17) is 5.11 Å². The average Bonchev–Trinajstić information content (AvgIpc) is 2.01. The second-order valence-electron chi connectivity index (χ2n) is 3.64. The van der Waals surface area contributed by atoms with E-state index in [2.05, 4.69) is 11.2 Å². The van der Waals surface area contributed by atoms with Crippen LogP contribution in [-0.4, -0.2) is 47.6 Å². The summed E-state index contributed by atoms with van der Waals surface area (Å²) in [6.45, 7) is 4.84. The number of aliphatic carboxylic acids is 1. The molecular weight excluding hydrogens is 186 g/mol. The Morgan fingerprint density at radius 3 is 2.77 bits per heavy atom. The fourth-order valence-corrected chi connectivity index (χ4v) is 1.97. The van der Waals surface area contributed by atoms with Gasteiger partial charge in [0.05, 0.1) is 5.92 Å². The van der Waals surface area contributed by atoms with Crippen LogP contribution in [0, 0.1) is 11.8 Å². The molecule has 13 heavy (non-hydrogen) atoms. The molecule has 1 unspecified atom stereocenters. The van der Waals surface area contributed by atoms with Crippen molar-refractivity contribution in [3.8, 4) is 0 Å². The highest BCUT2D eigenvalue weighted by Gasteiger charge is 2.33. The van der Waals surface area contributed by atoms with E-state index in [0.717, 1.165) is 25.4 Å². The minimum absolute atomic E-state index is 0.175. The van der Waals surface area contributed by atoms with Gasteiger partial charge < -0.3 is 10.0 Å². The lowest BCUT2D eigenvalue weighted by molar-refractivity contribution is -0.145. The molecular formula is C9H17NO2S. The first-order valence-corrected chi connectivity index (χ1v) is 5.98. The van der Waals surface area contributed by atoms with Gasteiger partial charge in [-0.25, -0.2) is 0 Å². The molecule has 0 saturated carbocycles. The number of carboxylic acid groups (broad SMARTS) is 1. The van der Waals surface area contributed by atoms with Crippen LogP contribution in [0.5, 0.6) is 0 Å². The van der Waals surface area contributed by atoms with Crippen molar-refractivity contribution in [2.45, 2.75) is 6.92 Å². The van der Waals surface area contributed by atoms with Gasteiger partial charge in [0.15, 0.2) is 0 Å². The second-order valence-corrected chi connectivity index (χ2v) is 4.62. The van der Waals surface area contributed by atoms with Crippen LogP contribution in [0.1, 0.15) is 6.92 Å². The summed E-state index contributed by atoms with van der Waals surface area (Å²) >= 11 is 1.84. The van der Waals surface area contributed by atoms with E-state index in [9.17, 15) is 4.79 Å². The van der Waals surface area contributed by atoms with E-state index in [-0.39, 0.29) is 5.92 Å². The van der Waals surface area contributed by atoms with Gasteiger partial charge in [-0.05, 0) is 12.2 Å². The highest BCUT2D eigenvalue weighted by atomic mass is 32.2. The molecule has 0 aromatic heterocycles. The second kappa shape index (κ2) is 4.86. The molecule has 76 valence electrons. The van der Waals surface area contributed by atoms with Gasteiger partial charge in [0.1, 0.15) is 0 Å². The zero-order chi connectivity index (χ0) is 9.84. The van der Waals surface area contributed by atoms with Crippen molar-refractivity contribution in [2.75, 3.05) is 31.6 Å². The fraction of sp³-hybridized carbons (Fsp3) is 0.889. The number of rotatable bonds is 5. The van der Waals surface area contributed by atoms with Crippen LogP contribution < -0.4 is 0 Å². The SMILES string of the molecule is CSCCN1CC(C(C)C(=O)O)C1. The summed E-state index contributed by atoms with van der Waals surface area (Å²) in [5, 5.41) is 8.76. The van der Waals surface area contributed by atoms with Crippen LogP contribution in [0.25, 0.3) is 0 Å². The van der Waals surface area contributed by atoms with Gasteiger partial charge in [-0.1, -0.05) is 6.92 Å². The molecule has 1 fully saturated rings. The lowest BCUT2D eigenvalue weighted by Crippen LogP contribution is -2.51. The maximum atomic E-state index is 10.6. The first kappa shape index (κ1) is 10.9. The van der Waals surface area contributed by atoms with E-state index >= 15 is 0 Å². The van der Waals surface area contributed by atoms with Crippen molar-refractivity contribution in [1.29, 1.82) is 0 Å². The monoisotopic (exact) mass is 203 g/mol. The van der Waals surface area contributed by atoms with Gasteiger partial charge in [-0.15, -0.1) is 0 Å². The summed E-state index contributed by atoms with van der Waals surface area (Å²) in [6.07, 6.45) is 2.09. The standard InChI is InChI=1S/C9H17NO2S/c1-7(9(11)12)8-5-10(6-8)3-4-13-2/h7-8H,3-6H2,1-2H3,(H,11,12). The van der Waals surface area contributed by atoms with Crippen LogP contribution in [-0.2, 0) is 4.79 Å². The number of hydrogen-bond acceptors (Lipinski definition) is 3. The molecule has 1 heterocycles. The Labute approximate surface area is 83.5 Å². The largest absolute Gasteiger partial charge is 0.481 e. The Bertz CT molecular complexity index is 180. The Morgan fingerprint density at radius 1 is 1.69 bits per heavy atom. The van der Waals surface area contributed by atoms with Crippen molar-refractivity contribution in [3.05, 3.63) is 0 Å². The van der Waals surface area contributed by atoms with Crippen LogP contribution in [0.2, 0.25) is 0 Å². The molecule has 1 saturated heterocycles. The number of nitrogens with zero attached hydrogens (tertiary/aromatic N) is 1. The molecule has 0 aliphatic carbocycles. The summed E-state index contributed by atoms with van der Waals surface area (Å²) in [7, 11) is 0. The molecule has 1 aliphatic heterocycles. The molecule has 0 radical (unpaired) electrons. The van der Waals surface area contributed by atoms with Crippen molar-refractivity contribution >= 4 is 17.7 Å². The minimum Gasteiger partial charge on any atom is -0.481 e. The van der Waals surface area contributed by atoms with E-state index in [1.165, 1.54) is 0 Å². The van der Waals surface area contributed by atoms with Crippen LogP contribution in [0.15, 0.2) is 0 Å². The fourth-order valence-electron chi connectivity index (χ4n) is 1.53. The van der Waals surface area contributed by atoms with Gasteiger partial charge in [0.25, 0.3) is 0 Å². The molecule has 0 aromatic carbocycles. The predicted molar refractivity (Wildman–Crippen MR) is 55.1 cm³/mol. The molecule has 4 heteroatoms. The summed E-state index contributed by atoms with van der Waals surface area (Å²) in [6, 6.07) is 0. The van der Waals surface area contributed by atoms with Gasteiger partial charge in [-0.2, -0.15) is 11.8 Å². The molecule has 0 amide bonds. The zero-order valence-electron chi connectivity index (χ0n) is 8.19. The van der Waals surface area contributed by atoms with Gasteiger partial charge in [-0.3, -0.25) is 4.79 Å². The summed E-state index contributed by atoms with van der Waals surface area (Å²) in [5.74, 6) is 0.688. The van der Waals surface area contributed by atoms with Crippen molar-refractivity contribution in [2.24, 2.45) is 11.8 Å². The average molecular weight is 203 g/mol. The lowest BCUT2D eigenvalue weighted by atomic mass is 9.87. The summed E-state index contributed by atoms with van der Waals surface area (Å²) < 4.78 is 0. The molecule has 3 nitrogen and oxygen atoms in total. The first-order chi connectivity index (χ1) is 6.15. The smallest absolute Gasteiger partial charge is 0.306 e. The van der Waals surface area contributed by atoms with Crippen molar-refractivity contribution in [3.63, 3.8) is 0 Å². The molecule has 1 N–H and O–H groups in total. The Balaban J connectivity index is 2.14. The minimum atomic E-state index is -0.658. The Kier molecular flexibility index (Phi) is 4.06. The number of likely N-dealkylation sites (tertiary alicyclic amines) is 1. The maximum absolute atomic E-state index is 10.6. The van der Waals surface area contributed by atoms with E-state index in [1.807, 2.05) is 11.8 Å². The molecule has 0 aromatic rings. The van der Waals surface area contributed by atoms with Crippen molar-refractivity contribution in [1.82, 2.24) is 4.90 Å². The van der Waals surface area contributed by atoms with Gasteiger partial charge in [0, 0.05) is 25.4 Å². The normalized spacial score (nSPS) is 21.1. The van der Waals surface area contributed by atoms with Gasteiger partial charge in [0.2, 0.25) is 0 Å². The first-order valence-electron chi connectivity index (χ1n) is 4.59. The summed E-state index contributed by atoms with van der Waals surface area (Å²) in [4.78, 5) is 13.0. The molecule has 1 atom stereocenters. The molecule has 0 bridgehead atoms. The number of carbonyl (C=O) groups is 1. The Hall–Kier alpha value is -0.220. The topological polar surface area (TPSA) is 40.5 Å². The van der Waals surface area contributed by atoms with Crippen molar-refractivity contribution < 1.29 is 9.90 Å². The van der Waals surface area contributed by atoms with E-state index < -0.39 is 5.97 Å². The molecule has 0 spiro atoms. The van der Waals surface area contributed by atoms with Crippen LogP contribution >= 0.6 is 11.8 Å². The third-order valence-electron chi connectivity index (χ3n) is 2.69. The third-order valence-corrected chi connectivity index (χ3v) is 3.28. The summed E-state index contributed by atoms with van der Waals surface area (Å²) in [5.41, 5.74) is 0. The van der Waals surface area contributed by atoms with E-state index in [0.29, 0.717) is 5.92 Å². The molecule has 1 rings (SSSR count). The quantitative estimate of drug-likeness (QED) is 0.724. The highest BCUT2D eigenvalue weighted by molar-refractivity contribution is 7.98. The van der Waals surface area contributed by atoms with Crippen LogP contribution in [0.3, 0.4) is 0 Å². The molecule has 1 aliphatic rings. The van der Waals surface area contributed by atoms with Crippen LogP contribution in [0.4, 0.5) is 0 Å². The maximum Gasteiger partial charge on any atom is 0.306 e.